The smallest absolute Gasteiger partial charge is 0.330 e. The van der Waals surface area contributed by atoms with E-state index in [1.165, 1.54) is 0 Å². The lowest BCUT2D eigenvalue weighted by Crippen LogP contribution is -2.31. The van der Waals surface area contributed by atoms with Gasteiger partial charge < -0.3 is 4.84 Å². The summed E-state index contributed by atoms with van der Waals surface area (Å²) >= 11 is 0. The Hall–Kier alpha value is -1.98. The molecule has 0 atom stereocenters. The molecule has 0 N–H and O–H groups in total. The van der Waals surface area contributed by atoms with Gasteiger partial charge in [0.15, 0.2) is 0 Å². The van der Waals surface area contributed by atoms with Crippen LogP contribution in [0.5, 0.6) is 0 Å². The van der Waals surface area contributed by atoms with Crippen molar-refractivity contribution in [2.45, 2.75) is 32.1 Å². The molecule has 1 fully saturated rings. The second kappa shape index (κ2) is 7.37. The van der Waals surface area contributed by atoms with E-state index in [1.807, 2.05) is 0 Å². The predicted molar refractivity (Wildman–Crippen MR) is 64.6 cm³/mol. The van der Waals surface area contributed by atoms with Gasteiger partial charge in [-0.25, -0.2) is 4.79 Å². The van der Waals surface area contributed by atoms with Crippen molar-refractivity contribution in [2.24, 2.45) is 4.99 Å². The number of hydrogen-bond acceptors (Lipinski definition) is 5. The van der Waals surface area contributed by atoms with Crippen LogP contribution in [0.15, 0.2) is 17.6 Å². The summed E-state index contributed by atoms with van der Waals surface area (Å²) in [7, 11) is 0. The summed E-state index contributed by atoms with van der Waals surface area (Å²) in [4.78, 5) is 42.4. The molecule has 6 nitrogen and oxygen atoms in total. The van der Waals surface area contributed by atoms with Gasteiger partial charge >= 0.3 is 5.97 Å². The van der Waals surface area contributed by atoms with Crippen LogP contribution < -0.4 is 0 Å². The highest BCUT2D eigenvalue weighted by Gasteiger charge is 2.32. The van der Waals surface area contributed by atoms with Gasteiger partial charge in [0.2, 0.25) is 0 Å². The number of hydroxylamine groups is 2. The number of hydrogen-bond donors (Lipinski definition) is 0. The Bertz CT molecular complexity index is 360. The van der Waals surface area contributed by atoms with Gasteiger partial charge in [0.05, 0.1) is 0 Å². The Morgan fingerprint density at radius 3 is 2.61 bits per heavy atom. The molecule has 0 aromatic carbocycles. The van der Waals surface area contributed by atoms with E-state index in [0.717, 1.165) is 6.42 Å². The maximum absolute atomic E-state index is 11.4. The Balaban J connectivity index is 2.17. The van der Waals surface area contributed by atoms with E-state index in [-0.39, 0.29) is 19.3 Å². The summed E-state index contributed by atoms with van der Waals surface area (Å²) in [6, 6.07) is 0. The molecule has 2 amide bonds. The largest absolute Gasteiger partial charge is 0.333 e. The SMILES string of the molecule is C=C/C=N/CCCCC(=O)ON1C(=O)CCC1=O. The first-order valence-corrected chi connectivity index (χ1v) is 5.82. The van der Waals surface area contributed by atoms with Crippen LogP contribution in [0.2, 0.25) is 0 Å². The Morgan fingerprint density at radius 2 is 2.00 bits per heavy atom. The van der Waals surface area contributed by atoms with E-state index in [9.17, 15) is 14.4 Å². The van der Waals surface area contributed by atoms with Gasteiger partial charge in [0, 0.05) is 32.0 Å². The van der Waals surface area contributed by atoms with Gasteiger partial charge in [-0.1, -0.05) is 12.7 Å². The average molecular weight is 252 g/mol. The zero-order chi connectivity index (χ0) is 13.4. The first-order valence-electron chi connectivity index (χ1n) is 5.82. The highest BCUT2D eigenvalue weighted by Crippen LogP contribution is 2.13. The lowest BCUT2D eigenvalue weighted by molar-refractivity contribution is -0.197. The molecule has 18 heavy (non-hydrogen) atoms. The van der Waals surface area contributed by atoms with Crippen LogP contribution in [0.1, 0.15) is 32.1 Å². The molecule has 0 radical (unpaired) electrons. The van der Waals surface area contributed by atoms with Crippen LogP contribution in [0.4, 0.5) is 0 Å². The highest BCUT2D eigenvalue weighted by molar-refractivity contribution is 6.01. The van der Waals surface area contributed by atoms with Crippen LogP contribution in [0, 0.1) is 0 Å². The monoisotopic (exact) mass is 252 g/mol. The quantitative estimate of drug-likeness (QED) is 0.385. The molecule has 0 spiro atoms. The van der Waals surface area contributed by atoms with Gasteiger partial charge in [0.1, 0.15) is 0 Å². The molecule has 0 unspecified atom stereocenters. The minimum absolute atomic E-state index is 0.113. The van der Waals surface area contributed by atoms with E-state index >= 15 is 0 Å². The molecule has 1 heterocycles. The number of amides is 2. The van der Waals surface area contributed by atoms with E-state index in [1.54, 1.807) is 12.3 Å². The Labute approximate surface area is 105 Å². The summed E-state index contributed by atoms with van der Waals surface area (Å²) in [6.07, 6.45) is 4.91. The molecular formula is C12H16N2O4. The Kier molecular flexibility index (Phi) is 5.76. The zero-order valence-electron chi connectivity index (χ0n) is 10.1. The van der Waals surface area contributed by atoms with Crippen molar-refractivity contribution in [2.75, 3.05) is 6.54 Å². The summed E-state index contributed by atoms with van der Waals surface area (Å²) in [5, 5.41) is 0.568. The fourth-order valence-corrected chi connectivity index (χ4v) is 1.43. The minimum atomic E-state index is -0.564. The third kappa shape index (κ3) is 4.48. The van der Waals surface area contributed by atoms with Crippen molar-refractivity contribution in [1.82, 2.24) is 5.06 Å². The zero-order valence-corrected chi connectivity index (χ0v) is 10.1. The van der Waals surface area contributed by atoms with Gasteiger partial charge in [-0.2, -0.15) is 0 Å². The van der Waals surface area contributed by atoms with E-state index < -0.39 is 17.8 Å². The number of imide groups is 1. The van der Waals surface area contributed by atoms with Crippen molar-refractivity contribution in [3.8, 4) is 0 Å². The third-order valence-corrected chi connectivity index (χ3v) is 2.33. The molecule has 0 saturated carbocycles. The summed E-state index contributed by atoms with van der Waals surface area (Å²) in [5.41, 5.74) is 0. The van der Waals surface area contributed by atoms with Crippen LogP contribution in [0.25, 0.3) is 0 Å². The lowest BCUT2D eigenvalue weighted by atomic mass is 10.2. The molecule has 1 saturated heterocycles. The van der Waals surface area contributed by atoms with Gasteiger partial charge in [-0.15, -0.1) is 5.06 Å². The minimum Gasteiger partial charge on any atom is -0.330 e. The van der Waals surface area contributed by atoms with Crippen molar-refractivity contribution < 1.29 is 19.2 Å². The van der Waals surface area contributed by atoms with E-state index in [4.69, 9.17) is 4.84 Å². The van der Waals surface area contributed by atoms with Crippen LogP contribution in [0.3, 0.4) is 0 Å². The van der Waals surface area contributed by atoms with Crippen LogP contribution in [-0.4, -0.2) is 35.6 Å². The van der Waals surface area contributed by atoms with E-state index in [2.05, 4.69) is 11.6 Å². The topological polar surface area (TPSA) is 76.0 Å². The molecule has 0 aromatic rings. The summed E-state index contributed by atoms with van der Waals surface area (Å²) in [5.74, 6) is -1.47. The van der Waals surface area contributed by atoms with Gasteiger partial charge in [-0.05, 0) is 12.8 Å². The molecule has 1 rings (SSSR count). The molecule has 1 aliphatic rings. The van der Waals surface area contributed by atoms with Crippen molar-refractivity contribution >= 4 is 24.0 Å². The number of rotatable bonds is 7. The number of carbonyl (C=O) groups excluding carboxylic acids is 3. The van der Waals surface area contributed by atoms with Gasteiger partial charge in [-0.3, -0.25) is 14.6 Å². The fraction of sp³-hybridized carbons (Fsp3) is 0.500. The number of allylic oxidation sites excluding steroid dienone is 1. The van der Waals surface area contributed by atoms with Crippen molar-refractivity contribution in [3.05, 3.63) is 12.7 Å². The van der Waals surface area contributed by atoms with Crippen molar-refractivity contribution in [3.63, 3.8) is 0 Å². The van der Waals surface area contributed by atoms with E-state index in [0.29, 0.717) is 18.0 Å². The lowest BCUT2D eigenvalue weighted by Gasteiger charge is -2.12. The molecule has 98 valence electrons. The molecule has 1 aliphatic heterocycles. The van der Waals surface area contributed by atoms with Crippen LogP contribution >= 0.6 is 0 Å². The molecule has 0 aliphatic carbocycles. The first-order chi connectivity index (χ1) is 8.65. The fourth-order valence-electron chi connectivity index (χ4n) is 1.43. The number of carbonyl (C=O) groups is 3. The number of aliphatic imine (C=N–C) groups is 1. The number of unbranched alkanes of at least 4 members (excludes halogenated alkanes) is 1. The molecule has 0 bridgehead atoms. The third-order valence-electron chi connectivity index (χ3n) is 2.33. The second-order valence-corrected chi connectivity index (χ2v) is 3.79. The predicted octanol–water partition coefficient (Wildman–Crippen LogP) is 1.02. The summed E-state index contributed by atoms with van der Waals surface area (Å²) < 4.78 is 0. The molecule has 0 aromatic heterocycles. The normalized spacial score (nSPS) is 15.4. The summed E-state index contributed by atoms with van der Waals surface area (Å²) in [6.45, 7) is 4.10. The maximum Gasteiger partial charge on any atom is 0.333 e. The second-order valence-electron chi connectivity index (χ2n) is 3.79. The standard InChI is InChI=1S/C12H16N2O4/c1-2-8-13-9-4-3-5-12(17)18-14-10(15)6-7-11(14)16/h2,8H,1,3-7,9H2/b13-8+. The molecule has 6 heteroatoms. The first kappa shape index (κ1) is 14.1. The van der Waals surface area contributed by atoms with Crippen LogP contribution in [-0.2, 0) is 19.2 Å². The highest BCUT2D eigenvalue weighted by atomic mass is 16.7. The Morgan fingerprint density at radius 1 is 1.33 bits per heavy atom. The molecular weight excluding hydrogens is 236 g/mol. The maximum atomic E-state index is 11.4. The van der Waals surface area contributed by atoms with Crippen molar-refractivity contribution in [1.29, 1.82) is 0 Å². The number of nitrogens with zero attached hydrogens (tertiary/aromatic N) is 2. The van der Waals surface area contributed by atoms with Gasteiger partial charge in [0.25, 0.3) is 11.8 Å². The average Bonchev–Trinajstić information content (AvgIpc) is 2.65.